The molecule has 0 aromatic carbocycles. The van der Waals surface area contributed by atoms with Crippen molar-refractivity contribution >= 4 is 5.69 Å². The van der Waals surface area contributed by atoms with Crippen LogP contribution in [0.15, 0.2) is 18.3 Å². The number of nitrogens with one attached hydrogen (secondary N) is 1. The van der Waals surface area contributed by atoms with Crippen LogP contribution in [0.2, 0.25) is 0 Å². The minimum absolute atomic E-state index is 0.428. The third-order valence-corrected chi connectivity index (χ3v) is 1.40. The number of methoxy groups -OCH3 is 1. The van der Waals surface area contributed by atoms with E-state index in [1.54, 1.807) is 13.3 Å². The van der Waals surface area contributed by atoms with E-state index in [1.807, 2.05) is 26.0 Å². The van der Waals surface area contributed by atoms with E-state index >= 15 is 0 Å². The van der Waals surface area contributed by atoms with Crippen molar-refractivity contribution in [2.75, 3.05) is 12.4 Å². The van der Waals surface area contributed by atoms with Crippen LogP contribution in [0.5, 0.6) is 5.88 Å². The van der Waals surface area contributed by atoms with Gasteiger partial charge in [-0.3, -0.25) is 0 Å². The second-order valence-electron chi connectivity index (χ2n) is 2.89. The van der Waals surface area contributed by atoms with Crippen LogP contribution in [0.4, 0.5) is 5.69 Å². The van der Waals surface area contributed by atoms with Gasteiger partial charge in [-0.2, -0.15) is 0 Å². The summed E-state index contributed by atoms with van der Waals surface area (Å²) in [6.07, 6.45) is 1.73. The maximum Gasteiger partial charge on any atom is 0.214 e. The molecule has 0 unspecified atom stereocenters. The third-order valence-electron chi connectivity index (χ3n) is 1.40. The number of aromatic nitrogens is 1. The van der Waals surface area contributed by atoms with Crippen LogP contribution in [-0.4, -0.2) is 18.1 Å². The fourth-order valence-electron chi connectivity index (χ4n) is 0.944. The first-order valence-corrected chi connectivity index (χ1v) is 4.99. The van der Waals surface area contributed by atoms with Crippen molar-refractivity contribution in [1.29, 1.82) is 0 Å². The summed E-state index contributed by atoms with van der Waals surface area (Å²) in [6.45, 7) is 8.18. The smallest absolute Gasteiger partial charge is 0.214 e. The van der Waals surface area contributed by atoms with E-state index in [2.05, 4.69) is 24.1 Å². The molecule has 1 N–H and O–H groups in total. The second-order valence-corrected chi connectivity index (χ2v) is 2.89. The van der Waals surface area contributed by atoms with Gasteiger partial charge in [0.2, 0.25) is 5.88 Å². The molecule has 0 spiro atoms. The molecule has 1 aromatic heterocycles. The van der Waals surface area contributed by atoms with E-state index in [-0.39, 0.29) is 0 Å². The highest BCUT2D eigenvalue weighted by atomic mass is 16.5. The van der Waals surface area contributed by atoms with Crippen LogP contribution in [0, 0.1) is 0 Å². The monoisotopic (exact) mass is 196 g/mol. The van der Waals surface area contributed by atoms with Crippen molar-refractivity contribution in [3.63, 3.8) is 0 Å². The van der Waals surface area contributed by atoms with Gasteiger partial charge >= 0.3 is 0 Å². The van der Waals surface area contributed by atoms with E-state index in [9.17, 15) is 0 Å². The molecule has 0 fully saturated rings. The number of rotatable bonds is 3. The maximum absolute atomic E-state index is 4.99. The molecule has 0 bridgehead atoms. The predicted octanol–water partition coefficient (Wildman–Crippen LogP) is 2.94. The number of hydrogen-bond donors (Lipinski definition) is 1. The number of hydrogen-bond acceptors (Lipinski definition) is 3. The molecule has 0 aliphatic carbocycles. The highest BCUT2D eigenvalue weighted by molar-refractivity contribution is 5.45. The minimum Gasteiger partial charge on any atom is -0.481 e. The van der Waals surface area contributed by atoms with Crippen LogP contribution in [0.1, 0.15) is 27.7 Å². The molecule has 1 heterocycles. The van der Waals surface area contributed by atoms with E-state index in [0.717, 1.165) is 5.69 Å². The molecule has 1 aromatic rings. The van der Waals surface area contributed by atoms with Crippen molar-refractivity contribution < 1.29 is 4.74 Å². The second kappa shape index (κ2) is 7.18. The average Bonchev–Trinajstić information content (AvgIpc) is 2.20. The molecular formula is C11H20N2O. The molecule has 0 amide bonds. The van der Waals surface area contributed by atoms with Crippen molar-refractivity contribution in [3.8, 4) is 5.88 Å². The summed E-state index contributed by atoms with van der Waals surface area (Å²) in [7, 11) is 1.61. The van der Waals surface area contributed by atoms with E-state index < -0.39 is 0 Å². The molecule has 3 heteroatoms. The Morgan fingerprint density at radius 1 is 1.36 bits per heavy atom. The van der Waals surface area contributed by atoms with Gasteiger partial charge in [-0.05, 0) is 19.9 Å². The van der Waals surface area contributed by atoms with Gasteiger partial charge < -0.3 is 10.1 Å². The average molecular weight is 196 g/mol. The zero-order chi connectivity index (χ0) is 11.0. The summed E-state index contributed by atoms with van der Waals surface area (Å²) in [5.41, 5.74) is 1.04. The normalized spacial score (nSPS) is 9.00. The standard InChI is InChI=1S/C9H14N2O.C2H6/c1-7(2)11-8-4-5-10-9(6-8)12-3;1-2/h4-7H,1-3H3,(H,10,11);1-2H3. The summed E-state index contributed by atoms with van der Waals surface area (Å²) >= 11 is 0. The van der Waals surface area contributed by atoms with Crippen LogP contribution in [-0.2, 0) is 0 Å². The lowest BCUT2D eigenvalue weighted by molar-refractivity contribution is 0.398. The van der Waals surface area contributed by atoms with Gasteiger partial charge in [0.05, 0.1) is 7.11 Å². The number of ether oxygens (including phenoxy) is 1. The van der Waals surface area contributed by atoms with E-state index in [0.29, 0.717) is 11.9 Å². The fraction of sp³-hybridized carbons (Fsp3) is 0.545. The highest BCUT2D eigenvalue weighted by Gasteiger charge is 1.97. The van der Waals surface area contributed by atoms with Crippen molar-refractivity contribution in [1.82, 2.24) is 4.98 Å². The quantitative estimate of drug-likeness (QED) is 0.807. The number of nitrogens with zero attached hydrogens (tertiary/aromatic N) is 1. The molecule has 14 heavy (non-hydrogen) atoms. The Balaban J connectivity index is 0.000000791. The largest absolute Gasteiger partial charge is 0.481 e. The van der Waals surface area contributed by atoms with Crippen LogP contribution in [0.3, 0.4) is 0 Å². The summed E-state index contributed by atoms with van der Waals surface area (Å²) in [5.74, 6) is 0.639. The maximum atomic E-state index is 4.99. The Morgan fingerprint density at radius 3 is 2.50 bits per heavy atom. The lowest BCUT2D eigenvalue weighted by Crippen LogP contribution is -2.09. The molecule has 0 aliphatic heterocycles. The summed E-state index contributed by atoms with van der Waals surface area (Å²) in [5, 5.41) is 3.26. The zero-order valence-electron chi connectivity index (χ0n) is 9.66. The molecule has 0 radical (unpaired) electrons. The molecule has 0 atom stereocenters. The van der Waals surface area contributed by atoms with Gasteiger partial charge in [0.25, 0.3) is 0 Å². The first kappa shape index (κ1) is 12.8. The van der Waals surface area contributed by atoms with Gasteiger partial charge in [-0.1, -0.05) is 13.8 Å². The van der Waals surface area contributed by atoms with Crippen LogP contribution >= 0.6 is 0 Å². The Labute approximate surface area is 86.5 Å². The summed E-state index contributed by atoms with van der Waals surface area (Å²) in [4.78, 5) is 4.00. The molecule has 3 nitrogen and oxygen atoms in total. The van der Waals surface area contributed by atoms with Gasteiger partial charge in [0, 0.05) is 24.0 Å². The van der Waals surface area contributed by atoms with Crippen molar-refractivity contribution in [2.24, 2.45) is 0 Å². The van der Waals surface area contributed by atoms with Gasteiger partial charge in [0.1, 0.15) is 0 Å². The molecule has 0 aliphatic rings. The Hall–Kier alpha value is -1.25. The topological polar surface area (TPSA) is 34.1 Å². The van der Waals surface area contributed by atoms with Crippen molar-refractivity contribution in [3.05, 3.63) is 18.3 Å². The minimum atomic E-state index is 0.428. The molecule has 80 valence electrons. The molecular weight excluding hydrogens is 176 g/mol. The fourth-order valence-corrected chi connectivity index (χ4v) is 0.944. The highest BCUT2D eigenvalue weighted by Crippen LogP contribution is 2.13. The van der Waals surface area contributed by atoms with Crippen LogP contribution in [0.25, 0.3) is 0 Å². The Bertz CT molecular complexity index is 249. The number of pyridine rings is 1. The van der Waals surface area contributed by atoms with E-state index in [4.69, 9.17) is 4.74 Å². The summed E-state index contributed by atoms with van der Waals surface area (Å²) < 4.78 is 4.99. The molecule has 0 saturated carbocycles. The molecule has 0 saturated heterocycles. The predicted molar refractivity (Wildman–Crippen MR) is 60.9 cm³/mol. The van der Waals surface area contributed by atoms with E-state index in [1.165, 1.54) is 0 Å². The Kier molecular flexibility index (Phi) is 6.54. The van der Waals surface area contributed by atoms with Gasteiger partial charge in [-0.25, -0.2) is 4.98 Å². The summed E-state index contributed by atoms with van der Waals surface area (Å²) in [6, 6.07) is 4.22. The third kappa shape index (κ3) is 4.70. The Morgan fingerprint density at radius 2 is 2.00 bits per heavy atom. The van der Waals surface area contributed by atoms with Crippen LogP contribution < -0.4 is 10.1 Å². The SMILES string of the molecule is CC.COc1cc(NC(C)C)ccn1. The number of anilines is 1. The van der Waals surface area contributed by atoms with Gasteiger partial charge in [0.15, 0.2) is 0 Å². The lowest BCUT2D eigenvalue weighted by Gasteiger charge is -2.09. The van der Waals surface area contributed by atoms with Crippen molar-refractivity contribution in [2.45, 2.75) is 33.7 Å². The lowest BCUT2D eigenvalue weighted by atomic mass is 10.3. The van der Waals surface area contributed by atoms with Gasteiger partial charge in [-0.15, -0.1) is 0 Å². The first-order valence-electron chi connectivity index (χ1n) is 4.99. The zero-order valence-corrected chi connectivity index (χ0v) is 9.66. The molecule has 1 rings (SSSR count). The first-order chi connectivity index (χ1) is 6.72.